The zero-order chi connectivity index (χ0) is 12.7. The predicted molar refractivity (Wildman–Crippen MR) is 70.5 cm³/mol. The van der Waals surface area contributed by atoms with E-state index in [9.17, 15) is 4.79 Å². The molecule has 1 rings (SSSR count). The van der Waals surface area contributed by atoms with Gasteiger partial charge in [0.25, 0.3) is 0 Å². The van der Waals surface area contributed by atoms with Gasteiger partial charge in [-0.25, -0.2) is 10.4 Å². The number of carbonyl (C=O) groups is 1. The van der Waals surface area contributed by atoms with E-state index in [2.05, 4.69) is 29.6 Å². The molecular weight excluding hydrogens is 214 g/mol. The molecule has 1 aliphatic heterocycles. The quantitative estimate of drug-likeness (QED) is 0.743. The minimum absolute atomic E-state index is 0.115. The zero-order valence-corrected chi connectivity index (χ0v) is 11.5. The van der Waals surface area contributed by atoms with Crippen molar-refractivity contribution >= 4 is 5.91 Å². The Kier molecular flexibility index (Phi) is 6.52. The number of piperidine rings is 1. The van der Waals surface area contributed by atoms with Crippen molar-refractivity contribution in [2.24, 2.45) is 0 Å². The molecule has 1 heterocycles. The Bertz CT molecular complexity index is 223. The van der Waals surface area contributed by atoms with Gasteiger partial charge in [0.05, 0.1) is 6.04 Å². The number of hydrogen-bond donors (Lipinski definition) is 2. The lowest BCUT2D eigenvalue weighted by Gasteiger charge is -2.30. The summed E-state index contributed by atoms with van der Waals surface area (Å²) in [6.07, 6.45) is 5.77. The van der Waals surface area contributed by atoms with E-state index < -0.39 is 0 Å². The van der Waals surface area contributed by atoms with Gasteiger partial charge in [-0.05, 0) is 32.6 Å². The zero-order valence-electron chi connectivity index (χ0n) is 11.5. The monoisotopic (exact) mass is 241 g/mol. The Morgan fingerprint density at radius 3 is 2.29 bits per heavy atom. The molecule has 1 fully saturated rings. The maximum Gasteiger partial charge on any atom is 0.238 e. The van der Waals surface area contributed by atoms with E-state index >= 15 is 0 Å². The highest BCUT2D eigenvalue weighted by Crippen LogP contribution is 2.06. The molecule has 0 spiro atoms. The molecule has 1 unspecified atom stereocenters. The molecule has 1 amide bonds. The van der Waals surface area contributed by atoms with Crippen molar-refractivity contribution in [3.63, 3.8) is 0 Å². The van der Waals surface area contributed by atoms with Gasteiger partial charge in [-0.3, -0.25) is 4.79 Å². The molecule has 4 heteroatoms. The molecule has 0 aromatic rings. The summed E-state index contributed by atoms with van der Waals surface area (Å²) in [4.78, 5) is 11.9. The summed E-state index contributed by atoms with van der Waals surface area (Å²) in [5.41, 5.74) is 3.29. The first-order chi connectivity index (χ1) is 8.17. The topological polar surface area (TPSA) is 44.4 Å². The van der Waals surface area contributed by atoms with Gasteiger partial charge in [-0.1, -0.05) is 20.3 Å². The van der Waals surface area contributed by atoms with Crippen molar-refractivity contribution < 1.29 is 4.79 Å². The Labute approximate surface area is 105 Å². The van der Waals surface area contributed by atoms with Crippen LogP contribution in [0.25, 0.3) is 0 Å². The molecule has 100 valence electrons. The molecular formula is C13H27N3O. The minimum atomic E-state index is -0.131. The second-order valence-corrected chi connectivity index (χ2v) is 4.92. The normalized spacial score (nSPS) is 19.3. The van der Waals surface area contributed by atoms with E-state index in [1.165, 1.54) is 19.3 Å². The maximum absolute atomic E-state index is 11.9. The summed E-state index contributed by atoms with van der Waals surface area (Å²) >= 11 is 0. The van der Waals surface area contributed by atoms with Gasteiger partial charge < -0.3 is 5.32 Å². The largest absolute Gasteiger partial charge is 0.352 e. The molecule has 17 heavy (non-hydrogen) atoms. The lowest BCUT2D eigenvalue weighted by Crippen LogP contribution is -2.53. The first-order valence-corrected chi connectivity index (χ1v) is 6.98. The van der Waals surface area contributed by atoms with Crippen molar-refractivity contribution in [2.75, 3.05) is 13.1 Å². The standard InChI is InChI=1S/C13H27N3O/c1-4-12(5-2)14-13(17)11(3)15-16-9-7-6-8-10-16/h11-12,15H,4-10H2,1-3H3,(H,14,17). The van der Waals surface area contributed by atoms with Crippen LogP contribution in [0.4, 0.5) is 0 Å². The SMILES string of the molecule is CCC(CC)NC(=O)C(C)NN1CCCCC1. The highest BCUT2D eigenvalue weighted by Gasteiger charge is 2.19. The number of nitrogens with one attached hydrogen (secondary N) is 2. The molecule has 0 aromatic heterocycles. The molecule has 0 bridgehead atoms. The van der Waals surface area contributed by atoms with Crippen LogP contribution in [0, 0.1) is 0 Å². The lowest BCUT2D eigenvalue weighted by molar-refractivity contribution is -0.125. The van der Waals surface area contributed by atoms with Crippen molar-refractivity contribution in [1.29, 1.82) is 0 Å². The summed E-state index contributed by atoms with van der Waals surface area (Å²) in [5.74, 6) is 0.115. The first kappa shape index (κ1) is 14.5. The van der Waals surface area contributed by atoms with E-state index in [4.69, 9.17) is 0 Å². The van der Waals surface area contributed by atoms with E-state index in [0.717, 1.165) is 25.9 Å². The molecule has 4 nitrogen and oxygen atoms in total. The molecule has 0 radical (unpaired) electrons. The van der Waals surface area contributed by atoms with Crippen LogP contribution in [0.2, 0.25) is 0 Å². The maximum atomic E-state index is 11.9. The average Bonchev–Trinajstić information content (AvgIpc) is 2.36. The molecule has 1 saturated heterocycles. The molecule has 1 atom stereocenters. The summed E-state index contributed by atoms with van der Waals surface area (Å²) in [5, 5.41) is 5.26. The molecule has 2 N–H and O–H groups in total. The second-order valence-electron chi connectivity index (χ2n) is 4.92. The summed E-state index contributed by atoms with van der Waals surface area (Å²) < 4.78 is 0. The smallest absolute Gasteiger partial charge is 0.238 e. The third-order valence-corrected chi connectivity index (χ3v) is 3.46. The average molecular weight is 241 g/mol. The summed E-state index contributed by atoms with van der Waals surface area (Å²) in [6.45, 7) is 8.27. The first-order valence-electron chi connectivity index (χ1n) is 6.98. The minimum Gasteiger partial charge on any atom is -0.352 e. The van der Waals surface area contributed by atoms with Gasteiger partial charge in [0, 0.05) is 19.1 Å². The van der Waals surface area contributed by atoms with Gasteiger partial charge in [-0.15, -0.1) is 0 Å². The summed E-state index contributed by atoms with van der Waals surface area (Å²) in [6, 6.07) is 0.182. The fourth-order valence-corrected chi connectivity index (χ4v) is 2.17. The van der Waals surface area contributed by atoms with Crippen LogP contribution in [0.15, 0.2) is 0 Å². The Balaban J connectivity index is 2.30. The Hall–Kier alpha value is -0.610. The van der Waals surface area contributed by atoms with Gasteiger partial charge in [0.1, 0.15) is 0 Å². The Morgan fingerprint density at radius 1 is 1.18 bits per heavy atom. The van der Waals surface area contributed by atoms with Crippen LogP contribution in [0.3, 0.4) is 0 Å². The highest BCUT2D eigenvalue weighted by atomic mass is 16.2. The predicted octanol–water partition coefficient (Wildman–Crippen LogP) is 1.67. The van der Waals surface area contributed by atoms with Crippen LogP contribution in [0.5, 0.6) is 0 Å². The van der Waals surface area contributed by atoms with E-state index in [1.807, 2.05) is 6.92 Å². The van der Waals surface area contributed by atoms with Crippen LogP contribution >= 0.6 is 0 Å². The van der Waals surface area contributed by atoms with E-state index in [-0.39, 0.29) is 11.9 Å². The summed E-state index contributed by atoms with van der Waals surface area (Å²) in [7, 11) is 0. The van der Waals surface area contributed by atoms with Crippen molar-refractivity contribution in [2.45, 2.75) is 65.0 Å². The molecule has 0 aliphatic carbocycles. The van der Waals surface area contributed by atoms with E-state index in [0.29, 0.717) is 6.04 Å². The van der Waals surface area contributed by atoms with Crippen LogP contribution < -0.4 is 10.7 Å². The third kappa shape index (κ3) is 5.04. The second kappa shape index (κ2) is 7.67. The van der Waals surface area contributed by atoms with Gasteiger partial charge in [0.15, 0.2) is 0 Å². The van der Waals surface area contributed by atoms with Crippen LogP contribution in [0.1, 0.15) is 52.9 Å². The van der Waals surface area contributed by atoms with Gasteiger partial charge in [-0.2, -0.15) is 0 Å². The van der Waals surface area contributed by atoms with Crippen molar-refractivity contribution in [3.05, 3.63) is 0 Å². The fraction of sp³-hybridized carbons (Fsp3) is 0.923. The number of nitrogens with zero attached hydrogens (tertiary/aromatic N) is 1. The third-order valence-electron chi connectivity index (χ3n) is 3.46. The number of hydrogen-bond acceptors (Lipinski definition) is 3. The number of rotatable bonds is 6. The van der Waals surface area contributed by atoms with Gasteiger partial charge in [0.2, 0.25) is 5.91 Å². The Morgan fingerprint density at radius 2 is 1.76 bits per heavy atom. The molecule has 0 saturated carbocycles. The van der Waals surface area contributed by atoms with Crippen molar-refractivity contribution in [3.8, 4) is 0 Å². The van der Waals surface area contributed by atoms with Crippen LogP contribution in [-0.4, -0.2) is 36.1 Å². The number of amides is 1. The molecule has 0 aromatic carbocycles. The van der Waals surface area contributed by atoms with Crippen LogP contribution in [-0.2, 0) is 4.79 Å². The fourth-order valence-electron chi connectivity index (χ4n) is 2.17. The van der Waals surface area contributed by atoms with Gasteiger partial charge >= 0.3 is 0 Å². The lowest BCUT2D eigenvalue weighted by atomic mass is 10.1. The molecule has 1 aliphatic rings. The van der Waals surface area contributed by atoms with Crippen molar-refractivity contribution in [1.82, 2.24) is 15.8 Å². The van der Waals surface area contributed by atoms with E-state index in [1.54, 1.807) is 0 Å². The highest BCUT2D eigenvalue weighted by molar-refractivity contribution is 5.81. The number of carbonyl (C=O) groups excluding carboxylic acids is 1. The number of hydrazine groups is 1.